The molecule has 0 unspecified atom stereocenters. The van der Waals surface area contributed by atoms with Gasteiger partial charge >= 0.3 is 0 Å². The summed E-state index contributed by atoms with van der Waals surface area (Å²) in [6.07, 6.45) is 1.76. The van der Waals surface area contributed by atoms with Crippen molar-refractivity contribution in [3.8, 4) is 11.6 Å². The Hall–Kier alpha value is -3.32. The molecule has 0 radical (unpaired) electrons. The maximum atomic E-state index is 11.2. The second-order valence-corrected chi connectivity index (χ2v) is 5.42. The van der Waals surface area contributed by atoms with E-state index in [1.54, 1.807) is 26.4 Å². The van der Waals surface area contributed by atoms with Crippen molar-refractivity contribution in [1.82, 2.24) is 19.7 Å². The van der Waals surface area contributed by atoms with Gasteiger partial charge in [-0.05, 0) is 30.3 Å². The Balaban J connectivity index is 0.000000216. The molecule has 0 fully saturated rings. The van der Waals surface area contributed by atoms with Gasteiger partial charge in [0.25, 0.3) is 5.56 Å². The van der Waals surface area contributed by atoms with Crippen LogP contribution in [0, 0.1) is 0 Å². The van der Waals surface area contributed by atoms with E-state index in [1.807, 2.05) is 56.3 Å². The smallest absolute Gasteiger partial charge is 0.266 e. The van der Waals surface area contributed by atoms with E-state index in [4.69, 9.17) is 9.15 Å². The van der Waals surface area contributed by atoms with Crippen LogP contribution >= 0.6 is 0 Å². The first kappa shape index (κ1) is 21.0. The van der Waals surface area contributed by atoms with Crippen LogP contribution in [0.2, 0.25) is 0 Å². The largest absolute Gasteiger partial charge is 0.435 e. The lowest BCUT2D eigenvalue weighted by Crippen LogP contribution is -2.18. The number of oxazole rings is 1. The Bertz CT molecular complexity index is 1010. The Morgan fingerprint density at radius 2 is 1.79 bits per heavy atom. The first-order valence-corrected chi connectivity index (χ1v) is 8.96. The number of nitrogens with zero attached hydrogens (tertiary/aromatic N) is 4. The van der Waals surface area contributed by atoms with Gasteiger partial charge in [0.1, 0.15) is 11.2 Å². The average Bonchev–Trinajstić information content (AvgIpc) is 3.17. The van der Waals surface area contributed by atoms with Crippen molar-refractivity contribution < 1.29 is 9.15 Å². The fourth-order valence-electron chi connectivity index (χ4n) is 2.23. The molecule has 0 N–H and O–H groups in total. The molecule has 1 aromatic carbocycles. The molecule has 0 atom stereocenters. The zero-order chi connectivity index (χ0) is 20.4. The fraction of sp³-hybridized carbons (Fsp3) is 0.238. The van der Waals surface area contributed by atoms with E-state index >= 15 is 0 Å². The van der Waals surface area contributed by atoms with Crippen molar-refractivity contribution in [2.45, 2.75) is 20.5 Å². The first-order chi connectivity index (χ1) is 13.7. The van der Waals surface area contributed by atoms with Crippen LogP contribution in [0.3, 0.4) is 0 Å². The maximum absolute atomic E-state index is 11.2. The van der Waals surface area contributed by atoms with E-state index in [1.165, 1.54) is 10.7 Å². The van der Waals surface area contributed by atoms with E-state index in [0.29, 0.717) is 23.8 Å². The number of benzene rings is 1. The van der Waals surface area contributed by atoms with E-state index < -0.39 is 0 Å². The highest BCUT2D eigenvalue weighted by molar-refractivity contribution is 5.75. The molecule has 0 bridgehead atoms. The standard InChI is InChI=1S/C12H9N3O2.C7H9NO.C2H6/c1-15-11(16)7-6-9(14-15)12-13-8-4-2-3-5-10(8)17-12;1-9-6-7-4-2-3-5-8-7;1-2/h2-7H,1H3;2-5H,6H2,1H3;1-2H3. The number of aromatic nitrogens is 4. The quantitative estimate of drug-likeness (QED) is 0.537. The van der Waals surface area contributed by atoms with Crippen LogP contribution in [-0.2, 0) is 18.4 Å². The van der Waals surface area contributed by atoms with Crippen LogP contribution < -0.4 is 5.56 Å². The molecular formula is C21H24N4O3. The van der Waals surface area contributed by atoms with Gasteiger partial charge in [-0.3, -0.25) is 9.78 Å². The minimum absolute atomic E-state index is 0.162. The molecule has 0 aliphatic heterocycles. The molecule has 7 heteroatoms. The SMILES string of the molecule is CC.COCc1ccccn1.Cn1nc(-c2nc3ccccc3o2)ccc1=O. The molecular weight excluding hydrogens is 356 g/mol. The Kier molecular flexibility index (Phi) is 8.05. The second kappa shape index (κ2) is 10.7. The molecule has 0 aliphatic rings. The Labute approximate surface area is 163 Å². The summed E-state index contributed by atoms with van der Waals surface area (Å²) in [7, 11) is 3.25. The maximum Gasteiger partial charge on any atom is 0.266 e. The fourth-order valence-corrected chi connectivity index (χ4v) is 2.23. The monoisotopic (exact) mass is 380 g/mol. The van der Waals surface area contributed by atoms with E-state index in [9.17, 15) is 4.79 Å². The first-order valence-electron chi connectivity index (χ1n) is 8.96. The predicted octanol–water partition coefficient (Wildman–Crippen LogP) is 3.84. The minimum Gasteiger partial charge on any atom is -0.435 e. The molecule has 0 spiro atoms. The van der Waals surface area contributed by atoms with Crippen molar-refractivity contribution in [3.05, 3.63) is 76.8 Å². The number of hydrogen-bond acceptors (Lipinski definition) is 6. The van der Waals surface area contributed by atoms with Crippen LogP contribution in [0.5, 0.6) is 0 Å². The summed E-state index contributed by atoms with van der Waals surface area (Å²) in [6.45, 7) is 4.60. The summed E-state index contributed by atoms with van der Waals surface area (Å²) in [4.78, 5) is 19.6. The molecule has 0 aliphatic carbocycles. The van der Waals surface area contributed by atoms with E-state index in [2.05, 4.69) is 15.1 Å². The average molecular weight is 380 g/mol. The van der Waals surface area contributed by atoms with Gasteiger partial charge in [-0.1, -0.05) is 32.0 Å². The molecule has 0 amide bonds. The lowest BCUT2D eigenvalue weighted by atomic mass is 10.3. The summed E-state index contributed by atoms with van der Waals surface area (Å²) < 4.78 is 11.7. The molecule has 7 nitrogen and oxygen atoms in total. The number of rotatable bonds is 3. The summed E-state index contributed by atoms with van der Waals surface area (Å²) in [5, 5.41) is 4.09. The lowest BCUT2D eigenvalue weighted by Gasteiger charge is -1.96. The number of pyridine rings is 1. The van der Waals surface area contributed by atoms with E-state index in [-0.39, 0.29) is 5.56 Å². The number of methoxy groups -OCH3 is 1. The molecule has 4 rings (SSSR count). The molecule has 3 heterocycles. The highest BCUT2D eigenvalue weighted by Gasteiger charge is 2.09. The number of fused-ring (bicyclic) bond motifs is 1. The van der Waals surface area contributed by atoms with Crippen LogP contribution in [0.4, 0.5) is 0 Å². The van der Waals surface area contributed by atoms with Crippen LogP contribution in [0.1, 0.15) is 19.5 Å². The van der Waals surface area contributed by atoms with Crippen molar-refractivity contribution in [1.29, 1.82) is 0 Å². The van der Waals surface area contributed by atoms with E-state index in [0.717, 1.165) is 11.2 Å². The second-order valence-electron chi connectivity index (χ2n) is 5.42. The number of para-hydroxylation sites is 2. The Morgan fingerprint density at radius 3 is 2.43 bits per heavy atom. The van der Waals surface area contributed by atoms with Crippen molar-refractivity contribution >= 4 is 11.1 Å². The number of aryl methyl sites for hydroxylation is 1. The van der Waals surface area contributed by atoms with Crippen molar-refractivity contribution in [2.24, 2.45) is 7.05 Å². The highest BCUT2D eigenvalue weighted by Crippen LogP contribution is 2.21. The summed E-state index contributed by atoms with van der Waals surface area (Å²) in [5.41, 5.74) is 2.84. The molecule has 0 saturated carbocycles. The molecule has 146 valence electrons. The molecule has 4 aromatic rings. The van der Waals surface area contributed by atoms with Gasteiger partial charge in [0.15, 0.2) is 5.58 Å². The van der Waals surface area contributed by atoms with Gasteiger partial charge in [-0.15, -0.1) is 0 Å². The van der Waals surface area contributed by atoms with Gasteiger partial charge in [-0.2, -0.15) is 5.10 Å². The van der Waals surface area contributed by atoms with Crippen LogP contribution in [0.25, 0.3) is 22.7 Å². The lowest BCUT2D eigenvalue weighted by molar-refractivity contribution is 0.181. The van der Waals surface area contributed by atoms with Crippen molar-refractivity contribution in [2.75, 3.05) is 7.11 Å². The zero-order valence-corrected chi connectivity index (χ0v) is 16.5. The van der Waals surface area contributed by atoms with Gasteiger partial charge in [0, 0.05) is 26.4 Å². The van der Waals surface area contributed by atoms with Gasteiger partial charge in [-0.25, -0.2) is 9.67 Å². The van der Waals surface area contributed by atoms with Crippen LogP contribution in [-0.4, -0.2) is 26.9 Å². The van der Waals surface area contributed by atoms with Crippen molar-refractivity contribution in [3.63, 3.8) is 0 Å². The summed E-state index contributed by atoms with van der Waals surface area (Å²) in [5.74, 6) is 0.418. The van der Waals surface area contributed by atoms with Gasteiger partial charge < -0.3 is 9.15 Å². The minimum atomic E-state index is -0.162. The predicted molar refractivity (Wildman–Crippen MR) is 109 cm³/mol. The zero-order valence-electron chi connectivity index (χ0n) is 16.5. The topological polar surface area (TPSA) is 83.0 Å². The summed E-state index contributed by atoms with van der Waals surface area (Å²) in [6, 6.07) is 16.3. The molecule has 28 heavy (non-hydrogen) atoms. The third kappa shape index (κ3) is 5.59. The molecule has 3 aromatic heterocycles. The van der Waals surface area contributed by atoms with Gasteiger partial charge in [0.2, 0.25) is 5.89 Å². The highest BCUT2D eigenvalue weighted by atomic mass is 16.5. The number of ether oxygens (including phenoxy) is 1. The third-order valence-electron chi connectivity index (χ3n) is 3.49. The molecule has 0 saturated heterocycles. The number of hydrogen-bond donors (Lipinski definition) is 0. The normalized spacial score (nSPS) is 9.86. The third-order valence-corrected chi connectivity index (χ3v) is 3.49. The van der Waals surface area contributed by atoms with Crippen LogP contribution in [0.15, 0.2) is 70.0 Å². The Morgan fingerprint density at radius 1 is 1.04 bits per heavy atom. The summed E-state index contributed by atoms with van der Waals surface area (Å²) >= 11 is 0. The van der Waals surface area contributed by atoms with Gasteiger partial charge in [0.05, 0.1) is 12.3 Å².